The molecular weight excluding hydrogens is 198 g/mol. The smallest absolute Gasteiger partial charge is 0.153 e. The summed E-state index contributed by atoms with van der Waals surface area (Å²) in [6, 6.07) is 7.03. The molecule has 0 radical (unpaired) electrons. The van der Waals surface area contributed by atoms with Crippen LogP contribution in [0, 0.1) is 0 Å². The largest absolute Gasteiger partial charge is 0.298 e. The molecule has 1 unspecified atom stereocenters. The molecular formula is C11H12ClNO. The number of carbonyl (C=O) groups is 1. The summed E-state index contributed by atoms with van der Waals surface area (Å²) in [4.78, 5) is 15.0. The summed E-state index contributed by atoms with van der Waals surface area (Å²) < 4.78 is 0. The molecule has 1 rings (SSSR count). The van der Waals surface area contributed by atoms with Gasteiger partial charge in [-0.15, -0.1) is 0 Å². The molecule has 0 N–H and O–H groups in total. The Kier molecular flexibility index (Phi) is 3.84. The number of benzene rings is 1. The molecule has 0 heterocycles. The number of aliphatic imine (C=N–C) groups is 1. The Bertz CT molecular complexity index is 343. The molecule has 0 spiro atoms. The first-order valence-electron chi connectivity index (χ1n) is 4.39. The molecule has 0 bridgehead atoms. The lowest BCUT2D eigenvalue weighted by molar-refractivity contribution is -0.117. The van der Waals surface area contributed by atoms with Crippen LogP contribution in [-0.4, -0.2) is 18.0 Å². The zero-order chi connectivity index (χ0) is 10.6. The van der Waals surface area contributed by atoms with Crippen molar-refractivity contribution in [2.45, 2.75) is 19.9 Å². The molecule has 0 amide bonds. The van der Waals surface area contributed by atoms with Crippen LogP contribution < -0.4 is 0 Å². The average Bonchev–Trinajstić information content (AvgIpc) is 2.16. The Morgan fingerprint density at radius 3 is 2.50 bits per heavy atom. The fourth-order valence-electron chi connectivity index (χ4n) is 0.852. The zero-order valence-corrected chi connectivity index (χ0v) is 8.95. The molecule has 2 nitrogen and oxygen atoms in total. The maximum atomic E-state index is 10.9. The van der Waals surface area contributed by atoms with Gasteiger partial charge in [-0.2, -0.15) is 0 Å². The Labute approximate surface area is 88.6 Å². The third-order valence-electron chi connectivity index (χ3n) is 1.91. The third kappa shape index (κ3) is 3.30. The van der Waals surface area contributed by atoms with Crippen LogP contribution in [0.5, 0.6) is 0 Å². The summed E-state index contributed by atoms with van der Waals surface area (Å²) in [6.45, 7) is 3.30. The van der Waals surface area contributed by atoms with E-state index in [1.165, 1.54) is 6.92 Å². The lowest BCUT2D eigenvalue weighted by atomic mass is 10.2. The molecule has 1 aromatic rings. The molecule has 0 saturated carbocycles. The van der Waals surface area contributed by atoms with E-state index in [1.54, 1.807) is 25.3 Å². The van der Waals surface area contributed by atoms with Gasteiger partial charge in [-0.1, -0.05) is 23.7 Å². The van der Waals surface area contributed by atoms with Crippen LogP contribution in [0.1, 0.15) is 19.4 Å². The van der Waals surface area contributed by atoms with Crippen LogP contribution in [0.3, 0.4) is 0 Å². The second kappa shape index (κ2) is 4.91. The van der Waals surface area contributed by atoms with Gasteiger partial charge in [-0.3, -0.25) is 9.79 Å². The topological polar surface area (TPSA) is 29.4 Å². The molecule has 74 valence electrons. The highest BCUT2D eigenvalue weighted by molar-refractivity contribution is 6.30. The predicted molar refractivity (Wildman–Crippen MR) is 59.2 cm³/mol. The van der Waals surface area contributed by atoms with E-state index in [4.69, 9.17) is 11.6 Å². The first-order chi connectivity index (χ1) is 6.59. The molecule has 0 saturated heterocycles. The Hall–Kier alpha value is -1.15. The molecule has 0 aromatic heterocycles. The Balaban J connectivity index is 2.69. The van der Waals surface area contributed by atoms with Gasteiger partial charge in [0, 0.05) is 11.2 Å². The van der Waals surface area contributed by atoms with Crippen molar-refractivity contribution >= 4 is 23.6 Å². The summed E-state index contributed by atoms with van der Waals surface area (Å²) in [7, 11) is 0. The molecule has 1 aromatic carbocycles. The molecule has 14 heavy (non-hydrogen) atoms. The van der Waals surface area contributed by atoms with E-state index in [9.17, 15) is 4.79 Å². The Morgan fingerprint density at radius 2 is 2.00 bits per heavy atom. The van der Waals surface area contributed by atoms with Gasteiger partial charge in [0.25, 0.3) is 0 Å². The number of rotatable bonds is 3. The van der Waals surface area contributed by atoms with Crippen molar-refractivity contribution in [3.63, 3.8) is 0 Å². The molecule has 0 aliphatic heterocycles. The van der Waals surface area contributed by atoms with Crippen molar-refractivity contribution in [2.75, 3.05) is 0 Å². The highest BCUT2D eigenvalue weighted by Crippen LogP contribution is 2.08. The van der Waals surface area contributed by atoms with Crippen LogP contribution in [0.2, 0.25) is 5.02 Å². The van der Waals surface area contributed by atoms with Gasteiger partial charge in [0.1, 0.15) is 6.04 Å². The van der Waals surface area contributed by atoms with Gasteiger partial charge in [-0.05, 0) is 31.5 Å². The van der Waals surface area contributed by atoms with E-state index in [0.717, 1.165) is 5.56 Å². The van der Waals surface area contributed by atoms with Crippen LogP contribution in [0.25, 0.3) is 0 Å². The van der Waals surface area contributed by atoms with Crippen molar-refractivity contribution in [3.05, 3.63) is 34.9 Å². The normalized spacial score (nSPS) is 13.1. The monoisotopic (exact) mass is 209 g/mol. The summed E-state index contributed by atoms with van der Waals surface area (Å²) >= 11 is 5.73. The van der Waals surface area contributed by atoms with Gasteiger partial charge in [-0.25, -0.2) is 0 Å². The minimum Gasteiger partial charge on any atom is -0.298 e. The minimum atomic E-state index is -0.273. The van der Waals surface area contributed by atoms with E-state index in [2.05, 4.69) is 4.99 Å². The van der Waals surface area contributed by atoms with E-state index in [-0.39, 0.29) is 11.8 Å². The van der Waals surface area contributed by atoms with Crippen LogP contribution in [-0.2, 0) is 4.79 Å². The lowest BCUT2D eigenvalue weighted by Crippen LogP contribution is -2.09. The van der Waals surface area contributed by atoms with Crippen LogP contribution in [0.15, 0.2) is 29.3 Å². The zero-order valence-electron chi connectivity index (χ0n) is 8.20. The summed E-state index contributed by atoms with van der Waals surface area (Å²) in [6.07, 6.45) is 1.68. The fraction of sp³-hybridized carbons (Fsp3) is 0.273. The van der Waals surface area contributed by atoms with Crippen LogP contribution in [0.4, 0.5) is 0 Å². The van der Waals surface area contributed by atoms with E-state index < -0.39 is 0 Å². The number of Topliss-reactive ketones (excluding diaryl/α,β-unsaturated/α-hetero) is 1. The number of hydrogen-bond acceptors (Lipinski definition) is 2. The second-order valence-corrected chi connectivity index (χ2v) is 3.55. The van der Waals surface area contributed by atoms with Gasteiger partial charge >= 0.3 is 0 Å². The Morgan fingerprint density at radius 1 is 1.43 bits per heavy atom. The first kappa shape index (κ1) is 10.9. The number of hydrogen-bond donors (Lipinski definition) is 0. The van der Waals surface area contributed by atoms with E-state index >= 15 is 0 Å². The van der Waals surface area contributed by atoms with Crippen molar-refractivity contribution in [1.82, 2.24) is 0 Å². The fourth-order valence-corrected chi connectivity index (χ4v) is 0.978. The van der Waals surface area contributed by atoms with Gasteiger partial charge < -0.3 is 0 Å². The average molecular weight is 210 g/mol. The van der Waals surface area contributed by atoms with E-state index in [1.807, 2.05) is 12.1 Å². The maximum absolute atomic E-state index is 10.9. The summed E-state index contributed by atoms with van der Waals surface area (Å²) in [5.74, 6) is 0.0650. The number of carbonyl (C=O) groups excluding carboxylic acids is 1. The first-order valence-corrected chi connectivity index (χ1v) is 4.76. The molecule has 1 atom stereocenters. The summed E-state index contributed by atoms with van der Waals surface area (Å²) in [5.41, 5.74) is 0.947. The minimum absolute atomic E-state index is 0.0650. The standard InChI is InChI=1S/C11H12ClNO/c1-8(9(2)14)13-7-10-3-5-11(12)6-4-10/h3-8H,1-2H3. The highest BCUT2D eigenvalue weighted by Gasteiger charge is 2.02. The molecule has 0 fully saturated rings. The molecule has 3 heteroatoms. The highest BCUT2D eigenvalue weighted by atomic mass is 35.5. The van der Waals surface area contributed by atoms with E-state index in [0.29, 0.717) is 5.02 Å². The van der Waals surface area contributed by atoms with Crippen LogP contribution >= 0.6 is 11.6 Å². The number of ketones is 1. The number of nitrogens with zero attached hydrogens (tertiary/aromatic N) is 1. The summed E-state index contributed by atoms with van der Waals surface area (Å²) in [5, 5.41) is 0.696. The van der Waals surface area contributed by atoms with Gasteiger partial charge in [0.05, 0.1) is 0 Å². The molecule has 0 aliphatic carbocycles. The maximum Gasteiger partial charge on any atom is 0.153 e. The van der Waals surface area contributed by atoms with Gasteiger partial charge in [0.2, 0.25) is 0 Å². The van der Waals surface area contributed by atoms with Gasteiger partial charge in [0.15, 0.2) is 5.78 Å². The van der Waals surface area contributed by atoms with Crippen molar-refractivity contribution in [1.29, 1.82) is 0 Å². The third-order valence-corrected chi connectivity index (χ3v) is 2.16. The van der Waals surface area contributed by atoms with Crippen molar-refractivity contribution in [2.24, 2.45) is 4.99 Å². The predicted octanol–water partition coefficient (Wildman–Crippen LogP) is 2.74. The molecule has 0 aliphatic rings. The number of halogens is 1. The van der Waals surface area contributed by atoms with Crippen molar-refractivity contribution < 1.29 is 4.79 Å². The van der Waals surface area contributed by atoms with Crippen molar-refractivity contribution in [3.8, 4) is 0 Å². The quantitative estimate of drug-likeness (QED) is 0.704. The lowest BCUT2D eigenvalue weighted by Gasteiger charge is -1.99. The second-order valence-electron chi connectivity index (χ2n) is 3.12. The SMILES string of the molecule is CC(=O)C(C)N=Cc1ccc(Cl)cc1.